The number of hydrogen-bond acceptors (Lipinski definition) is 7. The molecule has 0 saturated carbocycles. The minimum absolute atomic E-state index is 0.0371. The zero-order chi connectivity index (χ0) is 20.1. The van der Waals surface area contributed by atoms with Crippen LogP contribution in [0.25, 0.3) is 6.08 Å². The predicted octanol–water partition coefficient (Wildman–Crippen LogP) is 4.51. The van der Waals surface area contributed by atoms with Gasteiger partial charge in [-0.2, -0.15) is 0 Å². The third-order valence-electron chi connectivity index (χ3n) is 3.99. The molecule has 1 aliphatic rings. The lowest BCUT2D eigenvalue weighted by atomic mass is 10.1. The van der Waals surface area contributed by atoms with Crippen LogP contribution in [0.3, 0.4) is 0 Å². The first-order valence-corrected chi connectivity index (χ1v) is 9.16. The number of aliphatic hydroxyl groups is 1. The van der Waals surface area contributed by atoms with Crippen molar-refractivity contribution in [1.29, 1.82) is 0 Å². The number of ether oxygens (including phenoxy) is 3. The quantitative estimate of drug-likeness (QED) is 0.748. The van der Waals surface area contributed by atoms with Crippen LogP contribution >= 0.6 is 11.8 Å². The Morgan fingerprint density at radius 1 is 1.07 bits per heavy atom. The van der Waals surface area contributed by atoms with E-state index in [-0.39, 0.29) is 11.3 Å². The summed E-state index contributed by atoms with van der Waals surface area (Å²) in [5.41, 5.74) is 1.43. The molecule has 0 unspecified atom stereocenters. The smallest absolute Gasteiger partial charge is 0.344 e. The number of esters is 1. The van der Waals surface area contributed by atoms with E-state index in [0.717, 1.165) is 5.56 Å². The van der Waals surface area contributed by atoms with Gasteiger partial charge < -0.3 is 19.3 Å². The fourth-order valence-electron chi connectivity index (χ4n) is 2.59. The van der Waals surface area contributed by atoms with Crippen LogP contribution in [0.2, 0.25) is 0 Å². The van der Waals surface area contributed by atoms with Crippen LogP contribution in [-0.2, 0) is 9.53 Å². The molecule has 0 atom stereocenters. The Kier molecular flexibility index (Phi) is 6.06. The molecule has 1 heterocycles. The molecule has 6 nitrogen and oxygen atoms in total. The van der Waals surface area contributed by atoms with E-state index in [1.807, 2.05) is 36.4 Å². The number of methoxy groups -OCH3 is 3. The van der Waals surface area contributed by atoms with Gasteiger partial charge in [-0.15, -0.1) is 0 Å². The summed E-state index contributed by atoms with van der Waals surface area (Å²) in [5.74, 6) is 0.405. The van der Waals surface area contributed by atoms with Crippen molar-refractivity contribution in [2.45, 2.75) is 0 Å². The van der Waals surface area contributed by atoms with Gasteiger partial charge in [0, 0.05) is 11.6 Å². The number of hydrogen-bond donors (Lipinski definition) is 1. The first-order valence-electron chi connectivity index (χ1n) is 8.35. The maximum atomic E-state index is 12.2. The largest absolute Gasteiger partial charge is 0.506 e. The average molecular weight is 397 g/mol. The number of carbonyl (C=O) groups is 1. The predicted molar refractivity (Wildman–Crippen MR) is 110 cm³/mol. The number of benzene rings is 2. The summed E-state index contributed by atoms with van der Waals surface area (Å²) in [4.78, 5) is 17.2. The van der Waals surface area contributed by atoms with E-state index in [2.05, 4.69) is 4.99 Å². The molecule has 0 fully saturated rings. The van der Waals surface area contributed by atoms with Gasteiger partial charge in [0.05, 0.1) is 31.9 Å². The third-order valence-corrected chi connectivity index (χ3v) is 5.01. The van der Waals surface area contributed by atoms with Gasteiger partial charge in [0.15, 0.2) is 0 Å². The zero-order valence-corrected chi connectivity index (χ0v) is 16.4. The monoisotopic (exact) mass is 397 g/mol. The molecular weight excluding hydrogens is 378 g/mol. The number of aliphatic imine (C=N–C) groups is 1. The van der Waals surface area contributed by atoms with Gasteiger partial charge in [0.1, 0.15) is 27.9 Å². The van der Waals surface area contributed by atoms with Crippen molar-refractivity contribution in [2.24, 2.45) is 4.99 Å². The highest BCUT2D eigenvalue weighted by molar-refractivity contribution is 8.18. The Hall–Kier alpha value is -3.19. The maximum Gasteiger partial charge on any atom is 0.344 e. The fourth-order valence-corrected chi connectivity index (χ4v) is 3.62. The molecular formula is C21H19NO5S. The van der Waals surface area contributed by atoms with Gasteiger partial charge in [-0.3, -0.25) is 0 Å². The lowest BCUT2D eigenvalue weighted by molar-refractivity contribution is -0.135. The van der Waals surface area contributed by atoms with Crippen molar-refractivity contribution >= 4 is 34.5 Å². The van der Waals surface area contributed by atoms with Gasteiger partial charge in [-0.05, 0) is 30.3 Å². The van der Waals surface area contributed by atoms with Crippen LogP contribution < -0.4 is 9.47 Å². The Labute approximate surface area is 167 Å². The number of thioether (sulfide) groups is 1. The normalized spacial score (nSPS) is 16.5. The number of carbonyl (C=O) groups excluding carboxylic acids is 1. The SMILES string of the molecule is COC(=O)C1=C(O)/C(=C\c2ccc(OC)cc2OC)SC1=Nc1ccccc1. The molecule has 0 radical (unpaired) electrons. The van der Waals surface area contributed by atoms with Crippen molar-refractivity contribution in [3.8, 4) is 11.5 Å². The van der Waals surface area contributed by atoms with Crippen molar-refractivity contribution in [3.63, 3.8) is 0 Å². The van der Waals surface area contributed by atoms with Crippen LogP contribution in [0.5, 0.6) is 11.5 Å². The molecule has 0 aromatic heterocycles. The van der Waals surface area contributed by atoms with Crippen molar-refractivity contribution in [1.82, 2.24) is 0 Å². The summed E-state index contributed by atoms with van der Waals surface area (Å²) in [6.45, 7) is 0. The lowest BCUT2D eigenvalue weighted by Gasteiger charge is -2.08. The van der Waals surface area contributed by atoms with Crippen molar-refractivity contribution in [2.75, 3.05) is 21.3 Å². The molecule has 28 heavy (non-hydrogen) atoms. The summed E-state index contributed by atoms with van der Waals surface area (Å²) in [5, 5.41) is 11.0. The van der Waals surface area contributed by atoms with E-state index in [0.29, 0.717) is 27.1 Å². The van der Waals surface area contributed by atoms with E-state index in [1.165, 1.54) is 18.9 Å². The molecule has 1 N–H and O–H groups in total. The molecule has 0 bridgehead atoms. The van der Waals surface area contributed by atoms with E-state index >= 15 is 0 Å². The molecule has 7 heteroatoms. The molecule has 0 saturated heterocycles. The molecule has 144 valence electrons. The van der Waals surface area contributed by atoms with Gasteiger partial charge in [-0.25, -0.2) is 9.79 Å². The summed E-state index contributed by atoms with van der Waals surface area (Å²) in [6, 6.07) is 14.5. The number of para-hydroxylation sites is 1. The van der Waals surface area contributed by atoms with E-state index in [4.69, 9.17) is 14.2 Å². The highest BCUT2D eigenvalue weighted by atomic mass is 32.2. The standard InChI is InChI=1S/C21H19NO5S/c1-25-15-10-9-13(16(12-15)26-2)11-17-19(23)18(21(24)27-3)20(28-17)22-14-7-5-4-6-8-14/h4-12,23H,1-3H3/b17-11+,22-20?. The summed E-state index contributed by atoms with van der Waals surface area (Å²) in [6.07, 6.45) is 1.73. The van der Waals surface area contributed by atoms with Crippen LogP contribution in [0.4, 0.5) is 5.69 Å². The minimum Gasteiger partial charge on any atom is -0.506 e. The summed E-state index contributed by atoms with van der Waals surface area (Å²) >= 11 is 1.19. The second-order valence-corrected chi connectivity index (χ2v) is 6.72. The molecule has 2 aromatic rings. The second kappa shape index (κ2) is 8.67. The van der Waals surface area contributed by atoms with Gasteiger partial charge in [0.2, 0.25) is 0 Å². The fraction of sp³-hybridized carbons (Fsp3) is 0.143. The van der Waals surface area contributed by atoms with Gasteiger partial charge >= 0.3 is 5.97 Å². The van der Waals surface area contributed by atoms with E-state index < -0.39 is 5.97 Å². The molecule has 3 rings (SSSR count). The highest BCUT2D eigenvalue weighted by Crippen LogP contribution is 2.41. The number of nitrogens with zero attached hydrogens (tertiary/aromatic N) is 1. The Balaban J connectivity index is 2.06. The van der Waals surface area contributed by atoms with Crippen LogP contribution in [0.15, 0.2) is 69.8 Å². The lowest BCUT2D eigenvalue weighted by Crippen LogP contribution is -2.10. The third kappa shape index (κ3) is 4.04. The first-order chi connectivity index (χ1) is 13.6. The molecule has 2 aromatic carbocycles. The van der Waals surface area contributed by atoms with Gasteiger partial charge in [0.25, 0.3) is 0 Å². The zero-order valence-electron chi connectivity index (χ0n) is 15.6. The van der Waals surface area contributed by atoms with Crippen LogP contribution in [0.1, 0.15) is 5.56 Å². The topological polar surface area (TPSA) is 77.4 Å². The summed E-state index contributed by atoms with van der Waals surface area (Å²) in [7, 11) is 4.39. The van der Waals surface area contributed by atoms with E-state index in [9.17, 15) is 9.90 Å². The second-order valence-electron chi connectivity index (χ2n) is 5.69. The van der Waals surface area contributed by atoms with Crippen LogP contribution in [-0.4, -0.2) is 37.4 Å². The van der Waals surface area contributed by atoms with Gasteiger partial charge in [-0.1, -0.05) is 30.0 Å². The Morgan fingerprint density at radius 2 is 1.82 bits per heavy atom. The Bertz CT molecular complexity index is 980. The number of aliphatic hydroxyl groups excluding tert-OH is 1. The molecule has 0 spiro atoms. The molecule has 0 aliphatic carbocycles. The van der Waals surface area contributed by atoms with E-state index in [1.54, 1.807) is 32.4 Å². The Morgan fingerprint density at radius 3 is 2.46 bits per heavy atom. The minimum atomic E-state index is -0.648. The van der Waals surface area contributed by atoms with Crippen molar-refractivity contribution < 1.29 is 24.1 Å². The van der Waals surface area contributed by atoms with Crippen LogP contribution in [0, 0.1) is 0 Å². The maximum absolute atomic E-state index is 12.2. The van der Waals surface area contributed by atoms with Crippen molar-refractivity contribution in [3.05, 3.63) is 70.3 Å². The molecule has 0 amide bonds. The first kappa shape index (κ1) is 19.6. The number of rotatable bonds is 5. The average Bonchev–Trinajstić information content (AvgIpc) is 3.03. The highest BCUT2D eigenvalue weighted by Gasteiger charge is 2.33. The summed E-state index contributed by atoms with van der Waals surface area (Å²) < 4.78 is 15.4. The molecule has 1 aliphatic heterocycles.